The molecule has 1 aromatic heterocycles. The van der Waals surface area contributed by atoms with Crippen LogP contribution in [0.4, 0.5) is 0 Å². The Morgan fingerprint density at radius 1 is 1.10 bits per heavy atom. The molecule has 0 aliphatic carbocycles. The average molecular weight is 422 g/mol. The van der Waals surface area contributed by atoms with Gasteiger partial charge >= 0.3 is 0 Å². The lowest BCUT2D eigenvalue weighted by atomic mass is 9.97. The van der Waals surface area contributed by atoms with E-state index in [2.05, 4.69) is 34.7 Å². The molecule has 1 unspecified atom stereocenters. The molecule has 1 amide bonds. The predicted octanol–water partition coefficient (Wildman–Crippen LogP) is 4.20. The lowest BCUT2D eigenvalue weighted by molar-refractivity contribution is 0.100. The Kier molecular flexibility index (Phi) is 6.18. The number of hydrogen-bond acceptors (Lipinski definition) is 4. The van der Waals surface area contributed by atoms with Crippen molar-refractivity contribution >= 4 is 16.8 Å². The quantitative estimate of drug-likeness (QED) is 0.621. The second-order valence-corrected chi connectivity index (χ2v) is 8.40. The highest BCUT2D eigenvalue weighted by Crippen LogP contribution is 2.33. The van der Waals surface area contributed by atoms with Gasteiger partial charge in [-0.1, -0.05) is 13.0 Å². The van der Waals surface area contributed by atoms with Crippen LogP contribution in [-0.4, -0.2) is 49.2 Å². The third kappa shape index (κ3) is 4.39. The van der Waals surface area contributed by atoms with Gasteiger partial charge in [0, 0.05) is 48.5 Å². The molecule has 0 bridgehead atoms. The molecule has 1 aliphatic rings. The second kappa shape index (κ2) is 9.02. The molecule has 0 spiro atoms. The summed E-state index contributed by atoms with van der Waals surface area (Å²) in [6.07, 6.45) is 4.29. The number of primary amides is 1. The van der Waals surface area contributed by atoms with E-state index in [4.69, 9.17) is 15.2 Å². The first kappa shape index (κ1) is 21.2. The number of piperidine rings is 1. The third-order valence-corrected chi connectivity index (χ3v) is 6.46. The van der Waals surface area contributed by atoms with Crippen molar-refractivity contribution in [2.45, 2.75) is 31.7 Å². The van der Waals surface area contributed by atoms with Crippen LogP contribution in [0.1, 0.15) is 47.6 Å². The topological polar surface area (TPSA) is 69.7 Å². The van der Waals surface area contributed by atoms with Gasteiger partial charge in [-0.2, -0.15) is 0 Å². The van der Waals surface area contributed by atoms with Gasteiger partial charge in [0.05, 0.1) is 14.2 Å². The second-order valence-electron chi connectivity index (χ2n) is 8.40. The molecule has 31 heavy (non-hydrogen) atoms. The van der Waals surface area contributed by atoms with E-state index in [0.717, 1.165) is 54.9 Å². The number of methoxy groups -OCH3 is 2. The number of fused-ring (bicyclic) bond motifs is 1. The summed E-state index contributed by atoms with van der Waals surface area (Å²) in [5.74, 6) is 1.72. The number of likely N-dealkylation sites (tertiary alicyclic amines) is 1. The van der Waals surface area contributed by atoms with Gasteiger partial charge in [-0.3, -0.25) is 4.79 Å². The van der Waals surface area contributed by atoms with Crippen LogP contribution in [0.3, 0.4) is 0 Å². The minimum absolute atomic E-state index is 0.340. The maximum absolute atomic E-state index is 11.6. The third-order valence-electron chi connectivity index (χ3n) is 6.46. The zero-order valence-electron chi connectivity index (χ0n) is 18.5. The zero-order valence-corrected chi connectivity index (χ0v) is 18.5. The van der Waals surface area contributed by atoms with Gasteiger partial charge in [0.1, 0.15) is 11.5 Å². The van der Waals surface area contributed by atoms with Crippen LogP contribution in [0.25, 0.3) is 10.9 Å². The van der Waals surface area contributed by atoms with Crippen molar-refractivity contribution in [2.24, 2.45) is 5.73 Å². The monoisotopic (exact) mass is 421 g/mol. The van der Waals surface area contributed by atoms with E-state index in [1.165, 1.54) is 5.56 Å². The van der Waals surface area contributed by atoms with Crippen molar-refractivity contribution in [3.63, 3.8) is 0 Å². The molecule has 1 aliphatic heterocycles. The smallest absolute Gasteiger partial charge is 0.248 e. The summed E-state index contributed by atoms with van der Waals surface area (Å²) < 4.78 is 13.3. The minimum atomic E-state index is -0.383. The van der Waals surface area contributed by atoms with E-state index in [1.807, 2.05) is 24.3 Å². The summed E-state index contributed by atoms with van der Waals surface area (Å²) in [5, 5.41) is 1.14. The molecular weight excluding hydrogens is 390 g/mol. The van der Waals surface area contributed by atoms with Gasteiger partial charge in [0.2, 0.25) is 5.91 Å². The predicted molar refractivity (Wildman–Crippen MR) is 123 cm³/mol. The fourth-order valence-electron chi connectivity index (χ4n) is 4.71. The standard InChI is InChI=1S/C25H31N3O3/c1-17(22-15-21(30-2)6-7-24(22)31-3)16-27-11-9-20(10-12-27)28-13-8-18-4-5-19(25(26)29)14-23(18)28/h4-8,13-15,17,20H,9-12,16H2,1-3H3,(H2,26,29). The Balaban J connectivity index is 1.43. The number of aromatic nitrogens is 1. The first-order valence-electron chi connectivity index (χ1n) is 10.8. The minimum Gasteiger partial charge on any atom is -0.497 e. The Hall–Kier alpha value is -2.99. The number of amides is 1. The lowest BCUT2D eigenvalue weighted by Crippen LogP contribution is -2.36. The summed E-state index contributed by atoms with van der Waals surface area (Å²) in [7, 11) is 3.41. The van der Waals surface area contributed by atoms with Crippen LogP contribution in [-0.2, 0) is 0 Å². The molecule has 6 nitrogen and oxygen atoms in total. The summed E-state index contributed by atoms with van der Waals surface area (Å²) in [6.45, 7) is 5.30. The number of hydrogen-bond donors (Lipinski definition) is 1. The average Bonchev–Trinajstić information content (AvgIpc) is 3.22. The van der Waals surface area contributed by atoms with E-state index in [1.54, 1.807) is 20.3 Å². The SMILES string of the molecule is COc1ccc(OC)c(C(C)CN2CCC(n3ccc4ccc(C(N)=O)cc43)CC2)c1. The molecule has 164 valence electrons. The number of benzene rings is 2. The molecular formula is C25H31N3O3. The molecule has 2 N–H and O–H groups in total. The van der Waals surface area contributed by atoms with Crippen molar-refractivity contribution in [2.75, 3.05) is 33.9 Å². The highest BCUT2D eigenvalue weighted by Gasteiger charge is 2.24. The number of rotatable bonds is 7. The van der Waals surface area contributed by atoms with Crippen molar-refractivity contribution < 1.29 is 14.3 Å². The molecule has 0 saturated carbocycles. The summed E-state index contributed by atoms with van der Waals surface area (Å²) in [6, 6.07) is 14.2. The normalized spacial score (nSPS) is 16.4. The Morgan fingerprint density at radius 2 is 1.87 bits per heavy atom. The largest absolute Gasteiger partial charge is 0.497 e. The number of carbonyl (C=O) groups excluding carboxylic acids is 1. The molecule has 1 atom stereocenters. The Bertz CT molecular complexity index is 1070. The van der Waals surface area contributed by atoms with Gasteiger partial charge < -0.3 is 24.7 Å². The van der Waals surface area contributed by atoms with Crippen LogP contribution >= 0.6 is 0 Å². The summed E-state index contributed by atoms with van der Waals surface area (Å²) in [4.78, 5) is 14.1. The van der Waals surface area contributed by atoms with E-state index in [-0.39, 0.29) is 5.91 Å². The van der Waals surface area contributed by atoms with E-state index < -0.39 is 0 Å². The Labute approximate surface area is 183 Å². The molecule has 1 fully saturated rings. The maximum atomic E-state index is 11.6. The van der Waals surface area contributed by atoms with E-state index in [0.29, 0.717) is 17.5 Å². The fraction of sp³-hybridized carbons (Fsp3) is 0.400. The number of nitrogens with two attached hydrogens (primary N) is 1. The number of carbonyl (C=O) groups is 1. The van der Waals surface area contributed by atoms with E-state index in [9.17, 15) is 4.79 Å². The maximum Gasteiger partial charge on any atom is 0.248 e. The molecule has 2 heterocycles. The number of ether oxygens (including phenoxy) is 2. The zero-order chi connectivity index (χ0) is 22.0. The van der Waals surface area contributed by atoms with Gasteiger partial charge in [0.15, 0.2) is 0 Å². The van der Waals surface area contributed by atoms with E-state index >= 15 is 0 Å². The molecule has 2 aromatic carbocycles. The molecule has 0 radical (unpaired) electrons. The van der Waals surface area contributed by atoms with Crippen LogP contribution < -0.4 is 15.2 Å². The highest BCUT2D eigenvalue weighted by molar-refractivity contribution is 5.97. The van der Waals surface area contributed by atoms with Gasteiger partial charge in [-0.05, 0) is 60.5 Å². The van der Waals surface area contributed by atoms with Crippen molar-refractivity contribution in [1.29, 1.82) is 0 Å². The lowest BCUT2D eigenvalue weighted by Gasteiger charge is -2.35. The summed E-state index contributed by atoms with van der Waals surface area (Å²) in [5.41, 5.74) is 8.31. The van der Waals surface area contributed by atoms with Crippen LogP contribution in [0.2, 0.25) is 0 Å². The van der Waals surface area contributed by atoms with Crippen LogP contribution in [0, 0.1) is 0 Å². The fourth-order valence-corrected chi connectivity index (χ4v) is 4.71. The molecule has 1 saturated heterocycles. The first-order chi connectivity index (χ1) is 15.0. The van der Waals surface area contributed by atoms with Crippen LogP contribution in [0.5, 0.6) is 11.5 Å². The van der Waals surface area contributed by atoms with Crippen molar-refractivity contribution in [3.05, 3.63) is 59.8 Å². The summed E-state index contributed by atoms with van der Waals surface area (Å²) >= 11 is 0. The highest BCUT2D eigenvalue weighted by atomic mass is 16.5. The molecule has 6 heteroatoms. The first-order valence-corrected chi connectivity index (χ1v) is 10.8. The van der Waals surface area contributed by atoms with Crippen LogP contribution in [0.15, 0.2) is 48.7 Å². The van der Waals surface area contributed by atoms with Gasteiger partial charge in [0.25, 0.3) is 0 Å². The number of nitrogens with zero attached hydrogens (tertiary/aromatic N) is 2. The van der Waals surface area contributed by atoms with Crippen molar-refractivity contribution in [1.82, 2.24) is 9.47 Å². The van der Waals surface area contributed by atoms with Crippen molar-refractivity contribution in [3.8, 4) is 11.5 Å². The van der Waals surface area contributed by atoms with Gasteiger partial charge in [-0.15, -0.1) is 0 Å². The molecule has 4 rings (SSSR count). The van der Waals surface area contributed by atoms with Gasteiger partial charge in [-0.25, -0.2) is 0 Å². The molecule has 3 aromatic rings. The Morgan fingerprint density at radius 3 is 2.55 bits per heavy atom.